The Morgan fingerprint density at radius 2 is 1.62 bits per heavy atom. The Bertz CT molecular complexity index is 1040. The lowest BCUT2D eigenvalue weighted by atomic mass is 9.93. The van der Waals surface area contributed by atoms with Gasteiger partial charge in [0.05, 0.1) is 5.52 Å². The number of hydrogen-bond donors (Lipinski definition) is 2. The Morgan fingerprint density at radius 3 is 2.09 bits per heavy atom. The zero-order valence-corrected chi connectivity index (χ0v) is 20.3. The molecule has 0 fully saturated rings. The topological polar surface area (TPSA) is 73.7 Å². The Kier molecular flexibility index (Phi) is 9.48. The third-order valence-corrected chi connectivity index (χ3v) is 6.09. The van der Waals surface area contributed by atoms with Crippen molar-refractivity contribution in [2.24, 2.45) is 0 Å². The van der Waals surface area contributed by atoms with E-state index in [4.69, 9.17) is 11.6 Å². The Morgan fingerprint density at radius 1 is 1.03 bits per heavy atom. The minimum absolute atomic E-state index is 0.125. The summed E-state index contributed by atoms with van der Waals surface area (Å²) in [5.41, 5.74) is 2.32. The van der Waals surface area contributed by atoms with Crippen LogP contribution in [-0.4, -0.2) is 45.7 Å². The maximum Gasteiger partial charge on any atom is 0.340 e. The molecule has 1 aromatic heterocycles. The normalized spacial score (nSPS) is 11.8. The molecule has 2 N–H and O–H groups in total. The first-order valence-corrected chi connectivity index (χ1v) is 11.5. The van der Waals surface area contributed by atoms with Gasteiger partial charge < -0.3 is 15.1 Å². The molecule has 0 radical (unpaired) electrons. The number of fused-ring (bicyclic) bond motifs is 1. The first-order chi connectivity index (χ1) is 15.3. The lowest BCUT2D eigenvalue weighted by Gasteiger charge is -2.16. The molecule has 0 saturated heterocycles. The fraction of sp³-hybridized carbons (Fsp3) is 0.385. The van der Waals surface area contributed by atoms with Crippen molar-refractivity contribution in [2.45, 2.75) is 47.0 Å². The fourth-order valence-electron chi connectivity index (χ4n) is 3.61. The molecule has 0 bridgehead atoms. The number of carboxylic acids is 1. The fourth-order valence-corrected chi connectivity index (χ4v) is 3.74. The van der Waals surface area contributed by atoms with Gasteiger partial charge in [-0.2, -0.15) is 0 Å². The van der Waals surface area contributed by atoms with Crippen LogP contribution in [0.15, 0.2) is 42.5 Å². The summed E-state index contributed by atoms with van der Waals surface area (Å²) in [6, 6.07) is 12.2. The van der Waals surface area contributed by atoms with E-state index in [1.54, 1.807) is 36.4 Å². The second-order valence-corrected chi connectivity index (χ2v) is 8.10. The summed E-state index contributed by atoms with van der Waals surface area (Å²) in [5, 5.41) is 21.3. The average Bonchev–Trinajstić information content (AvgIpc) is 2.79. The molecule has 6 heteroatoms. The molecule has 0 aliphatic heterocycles. The molecule has 5 nitrogen and oxygen atoms in total. The number of aromatic carboxylic acids is 1. The van der Waals surface area contributed by atoms with Crippen LogP contribution >= 0.6 is 11.6 Å². The number of hydrogen-bond acceptors (Lipinski definition) is 4. The van der Waals surface area contributed by atoms with Crippen molar-refractivity contribution in [3.8, 4) is 17.0 Å². The van der Waals surface area contributed by atoms with Crippen LogP contribution in [0.3, 0.4) is 0 Å². The molecule has 1 heterocycles. The van der Waals surface area contributed by atoms with Crippen molar-refractivity contribution in [3.63, 3.8) is 0 Å². The monoisotopic (exact) mass is 456 g/mol. The van der Waals surface area contributed by atoms with E-state index in [0.29, 0.717) is 21.5 Å². The van der Waals surface area contributed by atoms with Crippen molar-refractivity contribution in [3.05, 3.63) is 58.6 Å². The second kappa shape index (κ2) is 11.8. The number of nitrogens with zero attached hydrogens (tertiary/aromatic N) is 2. The first kappa shape index (κ1) is 25.6. The van der Waals surface area contributed by atoms with Gasteiger partial charge in [0.2, 0.25) is 0 Å². The number of pyridine rings is 1. The van der Waals surface area contributed by atoms with Gasteiger partial charge in [-0.15, -0.1) is 0 Å². The highest BCUT2D eigenvalue weighted by atomic mass is 35.5. The maximum atomic E-state index is 11.8. The number of aromatic hydroxyl groups is 1. The van der Waals surface area contributed by atoms with E-state index in [2.05, 4.69) is 44.5 Å². The summed E-state index contributed by atoms with van der Waals surface area (Å²) >= 11 is 5.92. The third kappa shape index (κ3) is 5.78. The minimum atomic E-state index is -1.18. The quantitative estimate of drug-likeness (QED) is 0.408. The summed E-state index contributed by atoms with van der Waals surface area (Å²) in [5.74, 6) is -1.29. The predicted molar refractivity (Wildman–Crippen MR) is 133 cm³/mol. The predicted octanol–water partition coefficient (Wildman–Crippen LogP) is 6.82. The average molecular weight is 457 g/mol. The smallest absolute Gasteiger partial charge is 0.340 e. The highest BCUT2D eigenvalue weighted by molar-refractivity contribution is 6.30. The van der Waals surface area contributed by atoms with E-state index in [1.165, 1.54) is 19.6 Å². The number of para-hydroxylation sites is 1. The van der Waals surface area contributed by atoms with Crippen LogP contribution < -0.4 is 0 Å². The molecule has 1 atom stereocenters. The van der Waals surface area contributed by atoms with Gasteiger partial charge in [0.15, 0.2) is 5.75 Å². The Labute approximate surface area is 195 Å². The van der Waals surface area contributed by atoms with Gasteiger partial charge in [-0.05, 0) is 49.7 Å². The van der Waals surface area contributed by atoms with E-state index in [9.17, 15) is 15.0 Å². The van der Waals surface area contributed by atoms with Crippen LogP contribution in [0, 0.1) is 0 Å². The zero-order chi connectivity index (χ0) is 23.8. The van der Waals surface area contributed by atoms with Crippen molar-refractivity contribution < 1.29 is 15.0 Å². The minimum Gasteiger partial charge on any atom is -0.505 e. The van der Waals surface area contributed by atoms with Crippen molar-refractivity contribution >= 4 is 28.5 Å². The summed E-state index contributed by atoms with van der Waals surface area (Å²) < 4.78 is 0. The standard InChI is InChI=1S/C20H18ClNO3.C6H15N/c1-3-11(2)14-5-4-6-15-16(20(24)25)19(23)17(22-18(14)15)12-7-9-13(21)10-8-12;1-4-7(5-2)6-3/h4-11,23H,3H2,1-2H3,(H,24,25);4-6H2,1-3H3. The summed E-state index contributed by atoms with van der Waals surface area (Å²) in [6.45, 7) is 14.3. The summed E-state index contributed by atoms with van der Waals surface area (Å²) in [6.07, 6.45) is 0.903. The van der Waals surface area contributed by atoms with E-state index >= 15 is 0 Å². The lowest BCUT2D eigenvalue weighted by molar-refractivity contribution is 0.0696. The number of aromatic nitrogens is 1. The van der Waals surface area contributed by atoms with Crippen molar-refractivity contribution in [1.82, 2.24) is 9.88 Å². The summed E-state index contributed by atoms with van der Waals surface area (Å²) in [4.78, 5) is 18.8. The van der Waals surface area contributed by atoms with E-state index in [0.717, 1.165) is 12.0 Å². The van der Waals surface area contributed by atoms with E-state index in [-0.39, 0.29) is 22.9 Å². The Balaban J connectivity index is 0.000000451. The maximum absolute atomic E-state index is 11.8. The molecule has 1 unspecified atom stereocenters. The molecular weight excluding hydrogens is 424 g/mol. The first-order valence-electron chi connectivity index (χ1n) is 11.2. The molecule has 0 spiro atoms. The molecule has 0 saturated carbocycles. The SMILES string of the molecule is CCC(C)c1cccc2c(C(=O)O)c(O)c(-c3ccc(Cl)cc3)nc12.CCN(CC)CC. The molecule has 2 aromatic carbocycles. The van der Waals surface area contributed by atoms with Crippen LogP contribution in [0.1, 0.15) is 62.9 Å². The van der Waals surface area contributed by atoms with Crippen molar-refractivity contribution in [1.29, 1.82) is 0 Å². The number of carbonyl (C=O) groups is 1. The molecule has 3 aromatic rings. The van der Waals surface area contributed by atoms with Crippen LogP contribution in [0.25, 0.3) is 22.2 Å². The van der Waals surface area contributed by atoms with Gasteiger partial charge in [0, 0.05) is 16.0 Å². The molecule has 0 aliphatic rings. The molecule has 172 valence electrons. The number of benzene rings is 2. The largest absolute Gasteiger partial charge is 0.505 e. The second-order valence-electron chi connectivity index (χ2n) is 7.67. The van der Waals surface area contributed by atoms with Crippen LogP contribution in [0.2, 0.25) is 5.02 Å². The van der Waals surface area contributed by atoms with Gasteiger partial charge in [0.1, 0.15) is 11.3 Å². The van der Waals surface area contributed by atoms with Gasteiger partial charge >= 0.3 is 5.97 Å². The van der Waals surface area contributed by atoms with Gasteiger partial charge in [-0.25, -0.2) is 9.78 Å². The molecule has 32 heavy (non-hydrogen) atoms. The number of rotatable bonds is 7. The van der Waals surface area contributed by atoms with Crippen LogP contribution in [-0.2, 0) is 0 Å². The summed E-state index contributed by atoms with van der Waals surface area (Å²) in [7, 11) is 0. The Hall–Kier alpha value is -2.63. The highest BCUT2D eigenvalue weighted by Gasteiger charge is 2.23. The highest BCUT2D eigenvalue weighted by Crippen LogP contribution is 2.38. The van der Waals surface area contributed by atoms with Crippen LogP contribution in [0.5, 0.6) is 5.75 Å². The number of carboxylic acid groups (broad SMARTS) is 1. The molecule has 0 aliphatic carbocycles. The number of halogens is 1. The third-order valence-electron chi connectivity index (χ3n) is 5.84. The van der Waals surface area contributed by atoms with Crippen molar-refractivity contribution in [2.75, 3.05) is 19.6 Å². The molecular formula is C26H33ClN2O3. The van der Waals surface area contributed by atoms with Crippen LogP contribution in [0.4, 0.5) is 0 Å². The lowest BCUT2D eigenvalue weighted by Crippen LogP contribution is -2.21. The molecule has 0 amide bonds. The van der Waals surface area contributed by atoms with E-state index < -0.39 is 5.97 Å². The van der Waals surface area contributed by atoms with E-state index in [1.807, 2.05) is 6.07 Å². The zero-order valence-electron chi connectivity index (χ0n) is 19.5. The van der Waals surface area contributed by atoms with Gasteiger partial charge in [0.25, 0.3) is 0 Å². The van der Waals surface area contributed by atoms with Gasteiger partial charge in [-0.1, -0.05) is 76.6 Å². The molecule has 3 rings (SSSR count). The van der Waals surface area contributed by atoms with Gasteiger partial charge in [-0.3, -0.25) is 0 Å².